The number of rotatable bonds is 1. The highest BCUT2D eigenvalue weighted by Gasteiger charge is 2.09. The Kier molecular flexibility index (Phi) is 1.79. The van der Waals surface area contributed by atoms with Gasteiger partial charge in [-0.1, -0.05) is 0 Å². The van der Waals surface area contributed by atoms with Gasteiger partial charge in [-0.2, -0.15) is 0 Å². The summed E-state index contributed by atoms with van der Waals surface area (Å²) in [6.07, 6.45) is 5.05. The predicted octanol–water partition coefficient (Wildman–Crippen LogP) is 0.997. The van der Waals surface area contributed by atoms with E-state index in [-0.39, 0.29) is 0 Å². The highest BCUT2D eigenvalue weighted by Crippen LogP contribution is 2.19. The number of nitrogens with one attached hydrogen (secondary N) is 1. The molecule has 0 aromatic carbocycles. The van der Waals surface area contributed by atoms with Gasteiger partial charge in [0.1, 0.15) is 11.5 Å². The van der Waals surface area contributed by atoms with Crippen molar-refractivity contribution < 1.29 is 0 Å². The fourth-order valence-corrected chi connectivity index (χ4v) is 1.48. The number of aromatic amines is 1. The number of hydrogen-bond acceptors (Lipinski definition) is 5. The van der Waals surface area contributed by atoms with Crippen LogP contribution in [-0.2, 0) is 0 Å². The summed E-state index contributed by atoms with van der Waals surface area (Å²) in [5, 5.41) is 0.805. The fraction of sp³-hybridized carbons (Fsp3) is 0. The van der Waals surface area contributed by atoms with Crippen LogP contribution in [0.4, 0.5) is 5.82 Å². The zero-order valence-corrected chi connectivity index (χ0v) is 8.25. The Labute approximate surface area is 90.6 Å². The van der Waals surface area contributed by atoms with Gasteiger partial charge >= 0.3 is 0 Å². The SMILES string of the molecule is Nc1nc(-c2ncccn2)nc2[nH]ccc12. The van der Waals surface area contributed by atoms with Crippen molar-refractivity contribution in [2.45, 2.75) is 0 Å². The first kappa shape index (κ1) is 8.78. The standard InChI is InChI=1S/C10H8N6/c11-7-6-2-5-14-8(6)16-10(15-7)9-12-3-1-4-13-9/h1-5H,(H3,11,14,15,16). The van der Waals surface area contributed by atoms with Crippen LogP contribution in [0.2, 0.25) is 0 Å². The Balaban J connectivity index is 2.25. The summed E-state index contributed by atoms with van der Waals surface area (Å²) in [5.74, 6) is 1.31. The predicted molar refractivity (Wildman–Crippen MR) is 59.3 cm³/mol. The summed E-state index contributed by atoms with van der Waals surface area (Å²) in [7, 11) is 0. The summed E-state index contributed by atoms with van der Waals surface area (Å²) in [5.41, 5.74) is 6.50. The molecule has 0 aliphatic carbocycles. The molecule has 0 radical (unpaired) electrons. The Morgan fingerprint density at radius 3 is 2.69 bits per heavy atom. The topological polar surface area (TPSA) is 93.4 Å². The quantitative estimate of drug-likeness (QED) is 0.627. The first-order chi connectivity index (χ1) is 7.84. The molecular weight excluding hydrogens is 204 g/mol. The normalized spacial score (nSPS) is 10.8. The number of nitrogen functional groups attached to an aromatic ring is 1. The molecule has 3 aromatic heterocycles. The van der Waals surface area contributed by atoms with Gasteiger partial charge in [0.05, 0.1) is 5.39 Å². The third kappa shape index (κ3) is 1.28. The second-order valence-corrected chi connectivity index (χ2v) is 3.24. The van der Waals surface area contributed by atoms with E-state index in [0.29, 0.717) is 23.1 Å². The molecule has 0 amide bonds. The van der Waals surface area contributed by atoms with Gasteiger partial charge in [0.2, 0.25) is 5.82 Å². The molecule has 0 saturated carbocycles. The van der Waals surface area contributed by atoms with Crippen LogP contribution in [0.15, 0.2) is 30.7 Å². The van der Waals surface area contributed by atoms with Crippen LogP contribution >= 0.6 is 0 Å². The molecule has 0 aliphatic heterocycles. The third-order valence-corrected chi connectivity index (χ3v) is 2.21. The van der Waals surface area contributed by atoms with E-state index in [1.165, 1.54) is 0 Å². The number of H-pyrrole nitrogens is 1. The van der Waals surface area contributed by atoms with Crippen molar-refractivity contribution in [2.24, 2.45) is 0 Å². The summed E-state index contributed by atoms with van der Waals surface area (Å²) < 4.78 is 0. The molecule has 0 bridgehead atoms. The Hall–Kier alpha value is -2.50. The molecule has 3 rings (SSSR count). The number of anilines is 1. The molecule has 0 unspecified atom stereocenters. The van der Waals surface area contributed by atoms with E-state index in [0.717, 1.165) is 5.39 Å². The van der Waals surface area contributed by atoms with Gasteiger partial charge < -0.3 is 10.7 Å². The summed E-state index contributed by atoms with van der Waals surface area (Å²) in [4.78, 5) is 19.6. The lowest BCUT2D eigenvalue weighted by molar-refractivity contribution is 1.10. The summed E-state index contributed by atoms with van der Waals surface area (Å²) in [6, 6.07) is 3.57. The lowest BCUT2D eigenvalue weighted by Crippen LogP contribution is -1.99. The molecule has 3 aromatic rings. The van der Waals surface area contributed by atoms with Crippen molar-refractivity contribution >= 4 is 16.9 Å². The van der Waals surface area contributed by atoms with Crippen molar-refractivity contribution in [3.8, 4) is 11.6 Å². The van der Waals surface area contributed by atoms with Crippen molar-refractivity contribution in [3.05, 3.63) is 30.7 Å². The second kappa shape index (κ2) is 3.27. The van der Waals surface area contributed by atoms with Crippen LogP contribution in [-0.4, -0.2) is 24.9 Å². The van der Waals surface area contributed by atoms with E-state index >= 15 is 0 Å². The van der Waals surface area contributed by atoms with Crippen LogP contribution in [0.5, 0.6) is 0 Å². The molecule has 6 heteroatoms. The van der Waals surface area contributed by atoms with Crippen LogP contribution < -0.4 is 5.73 Å². The Bertz CT molecular complexity index is 630. The minimum absolute atomic E-state index is 0.424. The fourth-order valence-electron chi connectivity index (χ4n) is 1.48. The van der Waals surface area contributed by atoms with Crippen LogP contribution in [0.3, 0.4) is 0 Å². The molecule has 16 heavy (non-hydrogen) atoms. The summed E-state index contributed by atoms with van der Waals surface area (Å²) in [6.45, 7) is 0. The zero-order valence-electron chi connectivity index (χ0n) is 8.25. The van der Waals surface area contributed by atoms with Crippen molar-refractivity contribution in [2.75, 3.05) is 5.73 Å². The maximum Gasteiger partial charge on any atom is 0.201 e. The molecule has 78 valence electrons. The number of nitrogens with zero attached hydrogens (tertiary/aromatic N) is 4. The van der Waals surface area contributed by atoms with Gasteiger partial charge in [0.25, 0.3) is 0 Å². The third-order valence-electron chi connectivity index (χ3n) is 2.21. The van der Waals surface area contributed by atoms with Crippen LogP contribution in [0.1, 0.15) is 0 Å². The van der Waals surface area contributed by atoms with Gasteiger partial charge in [0.15, 0.2) is 5.82 Å². The molecule has 0 spiro atoms. The lowest BCUT2D eigenvalue weighted by Gasteiger charge is -2.00. The van der Waals surface area contributed by atoms with Crippen molar-refractivity contribution in [1.29, 1.82) is 0 Å². The minimum atomic E-state index is 0.424. The highest BCUT2D eigenvalue weighted by atomic mass is 15.0. The Morgan fingerprint density at radius 2 is 1.88 bits per heavy atom. The molecule has 0 saturated heterocycles. The van der Waals surface area contributed by atoms with Gasteiger partial charge in [-0.05, 0) is 12.1 Å². The molecule has 0 fully saturated rings. The van der Waals surface area contributed by atoms with Crippen molar-refractivity contribution in [3.63, 3.8) is 0 Å². The number of hydrogen-bond donors (Lipinski definition) is 2. The highest BCUT2D eigenvalue weighted by molar-refractivity contribution is 5.86. The van der Waals surface area contributed by atoms with Gasteiger partial charge in [-0.15, -0.1) is 0 Å². The molecule has 3 N–H and O–H groups in total. The average Bonchev–Trinajstić information content (AvgIpc) is 2.79. The van der Waals surface area contributed by atoms with E-state index in [4.69, 9.17) is 5.73 Å². The largest absolute Gasteiger partial charge is 0.383 e. The monoisotopic (exact) mass is 212 g/mol. The van der Waals surface area contributed by atoms with E-state index in [2.05, 4.69) is 24.9 Å². The van der Waals surface area contributed by atoms with Crippen LogP contribution in [0.25, 0.3) is 22.7 Å². The lowest BCUT2D eigenvalue weighted by atomic mass is 10.3. The molecule has 6 nitrogen and oxygen atoms in total. The number of nitrogens with two attached hydrogens (primary N) is 1. The van der Waals surface area contributed by atoms with Gasteiger partial charge in [0, 0.05) is 18.6 Å². The second-order valence-electron chi connectivity index (χ2n) is 3.24. The average molecular weight is 212 g/mol. The maximum absolute atomic E-state index is 5.81. The summed E-state index contributed by atoms with van der Waals surface area (Å²) >= 11 is 0. The van der Waals surface area contributed by atoms with Gasteiger partial charge in [-0.3, -0.25) is 0 Å². The Morgan fingerprint density at radius 1 is 1.06 bits per heavy atom. The van der Waals surface area contributed by atoms with E-state index < -0.39 is 0 Å². The van der Waals surface area contributed by atoms with Crippen LogP contribution in [0, 0.1) is 0 Å². The maximum atomic E-state index is 5.81. The number of fused-ring (bicyclic) bond motifs is 1. The molecule has 0 atom stereocenters. The first-order valence-electron chi connectivity index (χ1n) is 4.72. The van der Waals surface area contributed by atoms with Gasteiger partial charge in [-0.25, -0.2) is 19.9 Å². The first-order valence-corrected chi connectivity index (χ1v) is 4.72. The minimum Gasteiger partial charge on any atom is -0.383 e. The van der Waals surface area contributed by atoms with Crippen molar-refractivity contribution in [1.82, 2.24) is 24.9 Å². The van der Waals surface area contributed by atoms with E-state index in [1.807, 2.05) is 6.07 Å². The van der Waals surface area contributed by atoms with E-state index in [1.54, 1.807) is 24.7 Å². The van der Waals surface area contributed by atoms with E-state index in [9.17, 15) is 0 Å². The smallest absolute Gasteiger partial charge is 0.201 e. The molecule has 0 aliphatic rings. The molecule has 3 heterocycles. The zero-order chi connectivity index (χ0) is 11.0. The molecular formula is C10H8N6. The number of aromatic nitrogens is 5.